The van der Waals surface area contributed by atoms with Gasteiger partial charge in [0.1, 0.15) is 0 Å². The van der Waals surface area contributed by atoms with Crippen LogP contribution in [0.4, 0.5) is 4.79 Å². The van der Waals surface area contributed by atoms with Gasteiger partial charge in [-0.25, -0.2) is 4.79 Å². The van der Waals surface area contributed by atoms with E-state index in [0.29, 0.717) is 13.1 Å². The first-order chi connectivity index (χ1) is 9.15. The predicted molar refractivity (Wildman–Crippen MR) is 69.2 cm³/mol. The van der Waals surface area contributed by atoms with Crippen LogP contribution in [0.5, 0.6) is 0 Å². The Morgan fingerprint density at radius 3 is 2.89 bits per heavy atom. The number of hydrogen-bond donors (Lipinski definition) is 3. The molecule has 8 nitrogen and oxygen atoms in total. The van der Waals surface area contributed by atoms with Gasteiger partial charge in [-0.2, -0.15) is 0 Å². The Morgan fingerprint density at radius 2 is 2.21 bits per heavy atom. The zero-order valence-corrected chi connectivity index (χ0v) is 11.1. The Morgan fingerprint density at radius 1 is 1.42 bits per heavy atom. The highest BCUT2D eigenvalue weighted by molar-refractivity contribution is 5.94. The number of nitrogens with one attached hydrogen (secondary N) is 2. The van der Waals surface area contributed by atoms with Crippen LogP contribution in [-0.2, 0) is 17.8 Å². The van der Waals surface area contributed by atoms with Gasteiger partial charge in [0, 0.05) is 19.7 Å². The Labute approximate surface area is 111 Å². The van der Waals surface area contributed by atoms with Crippen molar-refractivity contribution in [3.8, 4) is 0 Å². The van der Waals surface area contributed by atoms with E-state index in [-0.39, 0.29) is 12.3 Å². The van der Waals surface area contributed by atoms with E-state index in [1.165, 1.54) is 7.05 Å². The summed E-state index contributed by atoms with van der Waals surface area (Å²) in [4.78, 5) is 22.3. The molecular weight excluding hydrogens is 248 g/mol. The second kappa shape index (κ2) is 8.20. The quantitative estimate of drug-likeness (QED) is 0.571. The van der Waals surface area contributed by atoms with E-state index >= 15 is 0 Å². The number of carbonyl (C=O) groups is 2. The first-order valence-electron chi connectivity index (χ1n) is 6.26. The van der Waals surface area contributed by atoms with Crippen LogP contribution in [0.15, 0.2) is 6.20 Å². The van der Waals surface area contributed by atoms with E-state index in [0.717, 1.165) is 25.0 Å². The lowest BCUT2D eigenvalue weighted by Gasteiger charge is -2.02. The number of aromatic nitrogens is 3. The molecule has 1 aromatic rings. The predicted octanol–water partition coefficient (Wildman–Crippen LogP) is -0.595. The molecule has 19 heavy (non-hydrogen) atoms. The zero-order chi connectivity index (χ0) is 14.1. The van der Waals surface area contributed by atoms with E-state index < -0.39 is 6.03 Å². The molecule has 0 aliphatic rings. The maximum absolute atomic E-state index is 11.4. The highest BCUT2D eigenvalue weighted by Crippen LogP contribution is 2.00. The SMILES string of the molecule is CNC(=O)NC(=O)CCn1cc(CCCCN)nn1. The van der Waals surface area contributed by atoms with Crippen LogP contribution in [0.3, 0.4) is 0 Å². The molecule has 0 aliphatic carbocycles. The average Bonchev–Trinajstić information content (AvgIpc) is 2.84. The fraction of sp³-hybridized carbons (Fsp3) is 0.636. The summed E-state index contributed by atoms with van der Waals surface area (Å²) in [6.45, 7) is 1.07. The maximum atomic E-state index is 11.4. The maximum Gasteiger partial charge on any atom is 0.321 e. The van der Waals surface area contributed by atoms with Crippen molar-refractivity contribution in [3.63, 3.8) is 0 Å². The van der Waals surface area contributed by atoms with E-state index in [2.05, 4.69) is 20.9 Å². The number of aryl methyl sites for hydroxylation is 2. The summed E-state index contributed by atoms with van der Waals surface area (Å²) in [7, 11) is 1.45. The van der Waals surface area contributed by atoms with Gasteiger partial charge < -0.3 is 11.1 Å². The molecule has 0 bridgehead atoms. The van der Waals surface area contributed by atoms with Crippen LogP contribution in [0, 0.1) is 0 Å². The molecule has 0 unspecified atom stereocenters. The molecule has 0 atom stereocenters. The van der Waals surface area contributed by atoms with Gasteiger partial charge in [0.15, 0.2) is 0 Å². The van der Waals surface area contributed by atoms with Gasteiger partial charge in [-0.15, -0.1) is 5.10 Å². The van der Waals surface area contributed by atoms with Crippen molar-refractivity contribution < 1.29 is 9.59 Å². The number of rotatable bonds is 7. The molecule has 4 N–H and O–H groups in total. The molecule has 106 valence electrons. The zero-order valence-electron chi connectivity index (χ0n) is 11.1. The van der Waals surface area contributed by atoms with Gasteiger partial charge in [0.2, 0.25) is 5.91 Å². The highest BCUT2D eigenvalue weighted by Gasteiger charge is 2.07. The van der Waals surface area contributed by atoms with Crippen molar-refractivity contribution in [3.05, 3.63) is 11.9 Å². The van der Waals surface area contributed by atoms with Crippen molar-refractivity contribution in [2.45, 2.75) is 32.2 Å². The van der Waals surface area contributed by atoms with Gasteiger partial charge in [-0.05, 0) is 25.8 Å². The smallest absolute Gasteiger partial charge is 0.321 e. The molecule has 1 rings (SSSR count). The van der Waals surface area contributed by atoms with Crippen LogP contribution in [-0.4, -0.2) is 40.5 Å². The number of imide groups is 1. The second-order valence-electron chi connectivity index (χ2n) is 4.10. The van der Waals surface area contributed by atoms with Crippen molar-refractivity contribution in [2.24, 2.45) is 5.73 Å². The topological polar surface area (TPSA) is 115 Å². The number of carbonyl (C=O) groups excluding carboxylic acids is 2. The number of hydrogen-bond acceptors (Lipinski definition) is 5. The summed E-state index contributed by atoms with van der Waals surface area (Å²) < 4.78 is 1.60. The molecule has 0 aliphatic heterocycles. The van der Waals surface area contributed by atoms with Gasteiger partial charge in [0.25, 0.3) is 0 Å². The minimum atomic E-state index is -0.508. The Bertz CT molecular complexity index is 417. The van der Waals surface area contributed by atoms with Gasteiger partial charge >= 0.3 is 6.03 Å². The average molecular weight is 268 g/mol. The molecule has 0 spiro atoms. The molecule has 0 fully saturated rings. The summed E-state index contributed by atoms with van der Waals surface area (Å²) in [5.74, 6) is -0.348. The lowest BCUT2D eigenvalue weighted by molar-refractivity contribution is -0.120. The van der Waals surface area contributed by atoms with Crippen molar-refractivity contribution >= 4 is 11.9 Å². The van der Waals surface area contributed by atoms with E-state index in [9.17, 15) is 9.59 Å². The largest absolute Gasteiger partial charge is 0.341 e. The second-order valence-corrected chi connectivity index (χ2v) is 4.10. The van der Waals surface area contributed by atoms with Crippen molar-refractivity contribution in [1.82, 2.24) is 25.6 Å². The Kier molecular flexibility index (Phi) is 6.51. The first kappa shape index (κ1) is 15.1. The van der Waals surface area contributed by atoms with E-state index in [1.54, 1.807) is 4.68 Å². The minimum Gasteiger partial charge on any atom is -0.341 e. The van der Waals surface area contributed by atoms with Crippen molar-refractivity contribution in [2.75, 3.05) is 13.6 Å². The number of amides is 3. The van der Waals surface area contributed by atoms with E-state index in [4.69, 9.17) is 5.73 Å². The molecule has 8 heteroatoms. The molecule has 3 amide bonds. The molecular formula is C11H20N6O2. The fourth-order valence-electron chi connectivity index (χ4n) is 1.48. The summed E-state index contributed by atoms with van der Waals surface area (Å²) in [5, 5.41) is 12.4. The number of unbranched alkanes of at least 4 members (excludes halogenated alkanes) is 1. The molecule has 1 aromatic heterocycles. The van der Waals surface area contributed by atoms with Gasteiger partial charge in [0.05, 0.1) is 12.2 Å². The third-order valence-corrected chi connectivity index (χ3v) is 2.52. The summed E-state index contributed by atoms with van der Waals surface area (Å²) in [6.07, 6.45) is 4.76. The third kappa shape index (κ3) is 5.96. The van der Waals surface area contributed by atoms with E-state index in [1.807, 2.05) is 6.20 Å². The van der Waals surface area contributed by atoms with Crippen LogP contribution in [0.25, 0.3) is 0 Å². The molecule has 0 aromatic carbocycles. The lowest BCUT2D eigenvalue weighted by Crippen LogP contribution is -2.37. The number of nitrogens with two attached hydrogens (primary N) is 1. The van der Waals surface area contributed by atoms with Crippen molar-refractivity contribution in [1.29, 1.82) is 0 Å². The van der Waals surface area contributed by atoms with Gasteiger partial charge in [-0.1, -0.05) is 5.21 Å². The normalized spacial score (nSPS) is 10.2. The Hall–Kier alpha value is -1.96. The fourth-order valence-corrected chi connectivity index (χ4v) is 1.48. The highest BCUT2D eigenvalue weighted by atomic mass is 16.2. The first-order valence-corrected chi connectivity index (χ1v) is 6.26. The molecule has 0 saturated carbocycles. The summed E-state index contributed by atoms with van der Waals surface area (Å²) in [5.41, 5.74) is 6.30. The minimum absolute atomic E-state index is 0.180. The lowest BCUT2D eigenvalue weighted by atomic mass is 10.2. The van der Waals surface area contributed by atoms with Crippen LogP contribution in [0.2, 0.25) is 0 Å². The summed E-state index contributed by atoms with van der Waals surface area (Å²) in [6, 6.07) is -0.508. The third-order valence-electron chi connectivity index (χ3n) is 2.52. The molecule has 0 radical (unpaired) electrons. The molecule has 0 saturated heterocycles. The standard InChI is InChI=1S/C11H20N6O2/c1-13-11(19)14-10(18)5-7-17-8-9(15-16-17)4-2-3-6-12/h8H,2-7,12H2,1H3,(H2,13,14,18,19). The monoisotopic (exact) mass is 268 g/mol. The Balaban J connectivity index is 2.29. The van der Waals surface area contributed by atoms with Crippen LogP contribution < -0.4 is 16.4 Å². The number of nitrogens with zero attached hydrogens (tertiary/aromatic N) is 3. The molecule has 1 heterocycles. The van der Waals surface area contributed by atoms with Crippen LogP contribution >= 0.6 is 0 Å². The number of urea groups is 1. The van der Waals surface area contributed by atoms with Crippen LogP contribution in [0.1, 0.15) is 25.0 Å². The van der Waals surface area contributed by atoms with Gasteiger partial charge in [-0.3, -0.25) is 14.8 Å². The summed E-state index contributed by atoms with van der Waals surface area (Å²) >= 11 is 0.